The predicted molar refractivity (Wildman–Crippen MR) is 146 cm³/mol. The zero-order valence-corrected chi connectivity index (χ0v) is 23.1. The number of fused-ring (bicyclic) bond motifs is 1. The van der Waals surface area contributed by atoms with E-state index in [-0.39, 0.29) is 12.2 Å². The fourth-order valence-electron chi connectivity index (χ4n) is 4.60. The van der Waals surface area contributed by atoms with Crippen molar-refractivity contribution >= 4 is 52.3 Å². The molecule has 0 saturated carbocycles. The molecule has 0 unspecified atom stereocenters. The number of esters is 1. The molecular formula is C27H32O5S2Si. The third kappa shape index (κ3) is 5.60. The normalized spacial score (nSPS) is 20.0. The Morgan fingerprint density at radius 1 is 1.06 bits per heavy atom. The van der Waals surface area contributed by atoms with Gasteiger partial charge in [-0.15, -0.1) is 11.3 Å². The van der Waals surface area contributed by atoms with E-state index in [1.807, 2.05) is 42.5 Å². The van der Waals surface area contributed by atoms with Crippen LogP contribution in [0.1, 0.15) is 40.9 Å². The number of ether oxygens (including phenoxy) is 1. The molecule has 2 aromatic carbocycles. The Morgan fingerprint density at radius 2 is 1.80 bits per heavy atom. The number of sulfone groups is 1. The molecule has 5 nitrogen and oxygen atoms in total. The van der Waals surface area contributed by atoms with Gasteiger partial charge in [-0.1, -0.05) is 50.3 Å². The second-order valence-corrected chi connectivity index (χ2v) is 19.7. The Labute approximate surface area is 212 Å². The zero-order chi connectivity index (χ0) is 25.3. The lowest BCUT2D eigenvalue weighted by atomic mass is 9.95. The number of carbonyl (C=O) groups is 2. The summed E-state index contributed by atoms with van der Waals surface area (Å²) in [5.41, 5.74) is 1.61. The second kappa shape index (κ2) is 9.99. The quantitative estimate of drug-likeness (QED) is 0.191. The Balaban J connectivity index is 1.64. The molecule has 0 bridgehead atoms. The van der Waals surface area contributed by atoms with Crippen molar-refractivity contribution in [3.8, 4) is 10.4 Å². The molecule has 0 spiro atoms. The topological polar surface area (TPSA) is 77.5 Å². The summed E-state index contributed by atoms with van der Waals surface area (Å²) in [6.45, 7) is 7.00. The van der Waals surface area contributed by atoms with E-state index in [2.05, 4.69) is 19.6 Å². The van der Waals surface area contributed by atoms with Gasteiger partial charge in [-0.25, -0.2) is 8.42 Å². The molecule has 0 amide bonds. The van der Waals surface area contributed by atoms with Gasteiger partial charge < -0.3 is 4.74 Å². The van der Waals surface area contributed by atoms with E-state index in [1.54, 1.807) is 6.07 Å². The molecule has 186 valence electrons. The van der Waals surface area contributed by atoms with Gasteiger partial charge in [0.15, 0.2) is 9.84 Å². The largest absolute Gasteiger partial charge is 0.466 e. The van der Waals surface area contributed by atoms with Crippen LogP contribution in [-0.4, -0.2) is 41.1 Å². The molecule has 1 atom stereocenters. The Hall–Kier alpha value is -2.29. The second-order valence-electron chi connectivity index (χ2n) is 10.6. The van der Waals surface area contributed by atoms with Gasteiger partial charge >= 0.3 is 5.97 Å². The van der Waals surface area contributed by atoms with Crippen LogP contribution in [0.4, 0.5) is 0 Å². The van der Waals surface area contributed by atoms with E-state index < -0.39 is 28.6 Å². The van der Waals surface area contributed by atoms with E-state index >= 15 is 0 Å². The van der Waals surface area contributed by atoms with Crippen molar-refractivity contribution in [1.29, 1.82) is 0 Å². The van der Waals surface area contributed by atoms with Crippen LogP contribution in [0.5, 0.6) is 0 Å². The Kier molecular flexibility index (Phi) is 7.36. The molecule has 1 fully saturated rings. The van der Waals surface area contributed by atoms with E-state index in [4.69, 9.17) is 4.74 Å². The van der Waals surface area contributed by atoms with Crippen LogP contribution in [-0.2, 0) is 24.1 Å². The summed E-state index contributed by atoms with van der Waals surface area (Å²) in [6, 6.07) is 16.2. The SMILES string of the molecule is C[Si](C)(C)CCOC(=O)C[C@]1(c2ccc(-c3ccc4cc(C=O)ccc4c3)s2)CCCCS1(=O)=O. The van der Waals surface area contributed by atoms with Crippen LogP contribution in [0.3, 0.4) is 0 Å². The average molecular weight is 529 g/mol. The number of rotatable bonds is 8. The summed E-state index contributed by atoms with van der Waals surface area (Å²) in [5, 5.41) is 1.98. The number of thiophene rings is 1. The molecule has 2 heterocycles. The van der Waals surface area contributed by atoms with Crippen molar-refractivity contribution in [2.24, 2.45) is 0 Å². The fraction of sp³-hybridized carbons (Fsp3) is 0.407. The molecule has 1 aliphatic rings. The summed E-state index contributed by atoms with van der Waals surface area (Å²) in [7, 11) is -4.87. The fourth-order valence-corrected chi connectivity index (χ4v) is 9.08. The maximum atomic E-state index is 13.4. The van der Waals surface area contributed by atoms with Gasteiger partial charge in [0.1, 0.15) is 11.0 Å². The van der Waals surface area contributed by atoms with Gasteiger partial charge in [0.25, 0.3) is 0 Å². The summed E-state index contributed by atoms with van der Waals surface area (Å²) < 4.78 is 31.2. The molecule has 3 aromatic rings. The van der Waals surface area contributed by atoms with Crippen molar-refractivity contribution in [2.75, 3.05) is 12.4 Å². The van der Waals surface area contributed by atoms with Crippen LogP contribution in [0.25, 0.3) is 21.2 Å². The van der Waals surface area contributed by atoms with Gasteiger partial charge in [-0.05, 0) is 59.5 Å². The summed E-state index contributed by atoms with van der Waals surface area (Å²) in [5.74, 6) is -0.336. The van der Waals surface area contributed by atoms with E-state index in [9.17, 15) is 18.0 Å². The number of benzene rings is 2. The third-order valence-corrected chi connectivity index (χ3v) is 12.5. The van der Waals surface area contributed by atoms with Crippen molar-refractivity contribution < 1.29 is 22.7 Å². The zero-order valence-electron chi connectivity index (χ0n) is 20.5. The lowest BCUT2D eigenvalue weighted by molar-refractivity contribution is -0.144. The number of hydrogen-bond donors (Lipinski definition) is 0. The minimum atomic E-state index is -3.51. The standard InChI is InChI=1S/C27H32O5S2Si/c1-35(2,3)15-13-32-26(29)18-27(12-4-5-14-34(27,30)31)25-11-10-24(33-25)23-9-8-21-16-20(19-28)6-7-22(21)17-23/h6-11,16-17,19H,4-5,12-15,18H2,1-3H3/t27-/m0/s1. The third-order valence-electron chi connectivity index (χ3n) is 6.72. The maximum absolute atomic E-state index is 13.4. The highest BCUT2D eigenvalue weighted by atomic mass is 32.2. The molecule has 1 aliphatic heterocycles. The number of carbonyl (C=O) groups excluding carboxylic acids is 2. The molecule has 1 saturated heterocycles. The first-order valence-electron chi connectivity index (χ1n) is 12.0. The van der Waals surface area contributed by atoms with Gasteiger partial charge in [-0.2, -0.15) is 0 Å². The van der Waals surface area contributed by atoms with E-state index in [1.165, 1.54) is 11.3 Å². The summed E-state index contributed by atoms with van der Waals surface area (Å²) >= 11 is 1.44. The highest BCUT2D eigenvalue weighted by molar-refractivity contribution is 7.92. The molecule has 0 aliphatic carbocycles. The van der Waals surface area contributed by atoms with Crippen LogP contribution >= 0.6 is 11.3 Å². The van der Waals surface area contributed by atoms with Gasteiger partial charge in [-0.3, -0.25) is 9.59 Å². The van der Waals surface area contributed by atoms with Gasteiger partial charge in [0, 0.05) is 23.4 Å². The maximum Gasteiger partial charge on any atom is 0.307 e. The number of hydrogen-bond acceptors (Lipinski definition) is 6. The lowest BCUT2D eigenvalue weighted by Crippen LogP contribution is -2.42. The van der Waals surface area contributed by atoms with Crippen molar-refractivity contribution in [2.45, 2.75) is 56.1 Å². The average Bonchev–Trinajstić information content (AvgIpc) is 3.29. The minimum Gasteiger partial charge on any atom is -0.466 e. The first kappa shape index (κ1) is 25.8. The molecular weight excluding hydrogens is 497 g/mol. The van der Waals surface area contributed by atoms with Crippen LogP contribution in [0, 0.1) is 0 Å². The molecule has 8 heteroatoms. The van der Waals surface area contributed by atoms with Crippen molar-refractivity contribution in [3.63, 3.8) is 0 Å². The number of aldehydes is 1. The Morgan fingerprint density at radius 3 is 2.51 bits per heavy atom. The highest BCUT2D eigenvalue weighted by Gasteiger charge is 2.49. The van der Waals surface area contributed by atoms with E-state index in [0.29, 0.717) is 29.9 Å². The van der Waals surface area contributed by atoms with Crippen molar-refractivity contribution in [3.05, 3.63) is 59.0 Å². The lowest BCUT2D eigenvalue weighted by Gasteiger charge is -2.35. The van der Waals surface area contributed by atoms with Gasteiger partial charge in [0.2, 0.25) is 0 Å². The molecule has 1 aromatic heterocycles. The first-order chi connectivity index (χ1) is 16.5. The Bertz CT molecular complexity index is 1350. The summed E-state index contributed by atoms with van der Waals surface area (Å²) in [6.07, 6.45) is 2.53. The molecule has 0 radical (unpaired) electrons. The van der Waals surface area contributed by atoms with Gasteiger partial charge in [0.05, 0.1) is 18.8 Å². The molecule has 4 rings (SSSR count). The monoisotopic (exact) mass is 528 g/mol. The van der Waals surface area contributed by atoms with Crippen LogP contribution in [0.15, 0.2) is 48.5 Å². The smallest absolute Gasteiger partial charge is 0.307 e. The molecule has 35 heavy (non-hydrogen) atoms. The van der Waals surface area contributed by atoms with Crippen LogP contribution < -0.4 is 0 Å². The molecule has 0 N–H and O–H groups in total. The van der Waals surface area contributed by atoms with Crippen LogP contribution in [0.2, 0.25) is 25.7 Å². The highest BCUT2D eigenvalue weighted by Crippen LogP contribution is 2.47. The summed E-state index contributed by atoms with van der Waals surface area (Å²) in [4.78, 5) is 25.6. The first-order valence-corrected chi connectivity index (χ1v) is 18.2. The minimum absolute atomic E-state index is 0.0947. The van der Waals surface area contributed by atoms with Crippen molar-refractivity contribution in [1.82, 2.24) is 0 Å². The predicted octanol–water partition coefficient (Wildman–Crippen LogP) is 6.45. The van der Waals surface area contributed by atoms with E-state index in [0.717, 1.165) is 40.0 Å².